The molecule has 0 radical (unpaired) electrons. The Bertz CT molecular complexity index is 1540. The van der Waals surface area contributed by atoms with Crippen molar-refractivity contribution in [2.45, 2.75) is 52.4 Å². The average Bonchev–Trinajstić information content (AvgIpc) is 3.27. The molecule has 1 saturated heterocycles. The fraction of sp³-hybridized carbons (Fsp3) is 0.462. The van der Waals surface area contributed by atoms with Crippen molar-refractivity contribution in [1.29, 1.82) is 0 Å². The zero-order valence-corrected chi connectivity index (χ0v) is 25.2. The van der Waals surface area contributed by atoms with Crippen molar-refractivity contribution in [2.24, 2.45) is 0 Å². The molecule has 1 N–H and O–H groups in total. The first-order valence-electron chi connectivity index (χ1n) is 12.8. The Kier molecular flexibility index (Phi) is 8.65. The van der Waals surface area contributed by atoms with Crippen LogP contribution in [0, 0.1) is 0 Å². The molecule has 222 valence electrons. The SMILES string of the molecule is CCc1c(N2CCN(C(=O)OC(C)(C)C)CC2)c(=O)n2nc(Br)cc2n1CC(=O)Nc1ccc(C(F)(F)F)cc1Cl. The number of alkyl halides is 3. The Morgan fingerprint density at radius 1 is 1.12 bits per heavy atom. The van der Waals surface area contributed by atoms with Crippen LogP contribution in [0.25, 0.3) is 5.65 Å². The minimum atomic E-state index is -4.58. The Morgan fingerprint density at radius 3 is 2.34 bits per heavy atom. The maximum absolute atomic E-state index is 13.6. The second kappa shape index (κ2) is 11.6. The molecular formula is C26H29BrClF3N6O4. The van der Waals surface area contributed by atoms with Crippen LogP contribution in [0.5, 0.6) is 0 Å². The van der Waals surface area contributed by atoms with E-state index in [4.69, 9.17) is 16.3 Å². The molecule has 1 aliphatic rings. The van der Waals surface area contributed by atoms with Gasteiger partial charge in [-0.05, 0) is 61.3 Å². The summed E-state index contributed by atoms with van der Waals surface area (Å²) in [6, 6.07) is 4.27. The first-order valence-corrected chi connectivity index (χ1v) is 14.0. The molecule has 15 heteroatoms. The lowest BCUT2D eigenvalue weighted by atomic mass is 10.2. The van der Waals surface area contributed by atoms with Crippen molar-refractivity contribution in [1.82, 2.24) is 19.1 Å². The lowest BCUT2D eigenvalue weighted by Gasteiger charge is -2.37. The van der Waals surface area contributed by atoms with Crippen molar-refractivity contribution in [2.75, 3.05) is 36.4 Å². The number of aromatic nitrogens is 3. The molecule has 0 spiro atoms. The molecule has 1 aromatic carbocycles. The van der Waals surface area contributed by atoms with Crippen molar-refractivity contribution in [3.8, 4) is 0 Å². The summed E-state index contributed by atoms with van der Waals surface area (Å²) in [5.41, 5.74) is -0.668. The van der Waals surface area contributed by atoms with Crippen LogP contribution >= 0.6 is 27.5 Å². The topological polar surface area (TPSA) is 101 Å². The van der Waals surface area contributed by atoms with Gasteiger partial charge in [-0.25, -0.2) is 4.79 Å². The minimum Gasteiger partial charge on any atom is -0.444 e. The lowest BCUT2D eigenvalue weighted by molar-refractivity contribution is -0.137. The number of piperazine rings is 1. The molecule has 0 saturated carbocycles. The fourth-order valence-corrected chi connectivity index (χ4v) is 5.18. The van der Waals surface area contributed by atoms with Gasteiger partial charge in [0, 0.05) is 37.9 Å². The van der Waals surface area contributed by atoms with E-state index in [1.165, 1.54) is 4.52 Å². The van der Waals surface area contributed by atoms with Gasteiger partial charge in [0.25, 0.3) is 5.56 Å². The number of hydrogen-bond donors (Lipinski definition) is 1. The van der Waals surface area contributed by atoms with E-state index in [9.17, 15) is 27.6 Å². The summed E-state index contributed by atoms with van der Waals surface area (Å²) < 4.78 is 47.7. The zero-order valence-electron chi connectivity index (χ0n) is 22.8. The van der Waals surface area contributed by atoms with Gasteiger partial charge in [0.05, 0.1) is 16.3 Å². The van der Waals surface area contributed by atoms with E-state index in [-0.39, 0.29) is 22.8 Å². The van der Waals surface area contributed by atoms with E-state index in [0.717, 1.165) is 18.2 Å². The largest absolute Gasteiger partial charge is 0.444 e. The average molecular weight is 662 g/mol. The monoisotopic (exact) mass is 660 g/mol. The van der Waals surface area contributed by atoms with Gasteiger partial charge < -0.3 is 24.4 Å². The predicted molar refractivity (Wildman–Crippen MR) is 152 cm³/mol. The third kappa shape index (κ3) is 6.80. The number of hydrogen-bond acceptors (Lipinski definition) is 6. The first-order chi connectivity index (χ1) is 19.1. The van der Waals surface area contributed by atoms with Crippen molar-refractivity contribution >= 4 is 56.6 Å². The molecule has 41 heavy (non-hydrogen) atoms. The molecule has 1 fully saturated rings. The Balaban J connectivity index is 1.64. The number of carbonyl (C=O) groups excluding carboxylic acids is 2. The first kappa shape index (κ1) is 30.7. The molecule has 1 aliphatic heterocycles. The number of carbonyl (C=O) groups is 2. The number of anilines is 2. The third-order valence-corrected chi connectivity index (χ3v) is 7.09. The molecule has 10 nitrogen and oxygen atoms in total. The minimum absolute atomic E-state index is 0.0213. The van der Waals surface area contributed by atoms with Crippen LogP contribution in [0.3, 0.4) is 0 Å². The highest BCUT2D eigenvalue weighted by Crippen LogP contribution is 2.34. The number of nitrogens with zero attached hydrogens (tertiary/aromatic N) is 5. The van der Waals surface area contributed by atoms with Crippen LogP contribution in [0.15, 0.2) is 33.7 Å². The summed E-state index contributed by atoms with van der Waals surface area (Å²) in [6.07, 6.45) is -4.63. The van der Waals surface area contributed by atoms with E-state index in [0.29, 0.717) is 54.2 Å². The molecule has 2 amide bonds. The van der Waals surface area contributed by atoms with Crippen LogP contribution < -0.4 is 15.8 Å². The molecule has 0 unspecified atom stereocenters. The summed E-state index contributed by atoms with van der Waals surface area (Å²) in [5, 5.41) is 6.56. The summed E-state index contributed by atoms with van der Waals surface area (Å²) in [5.74, 6) is -0.565. The van der Waals surface area contributed by atoms with E-state index < -0.39 is 29.3 Å². The summed E-state index contributed by atoms with van der Waals surface area (Å²) in [7, 11) is 0. The molecule has 3 heterocycles. The van der Waals surface area contributed by atoms with E-state index in [1.54, 1.807) is 36.3 Å². The fourth-order valence-electron chi connectivity index (χ4n) is 4.59. The van der Waals surface area contributed by atoms with Crippen LogP contribution in [0.2, 0.25) is 5.02 Å². The smallest absolute Gasteiger partial charge is 0.416 e. The Labute approximate surface area is 247 Å². The van der Waals surface area contributed by atoms with Crippen molar-refractivity contribution in [3.63, 3.8) is 0 Å². The molecule has 3 aromatic rings. The second-order valence-corrected chi connectivity index (χ2v) is 11.7. The Hall–Kier alpha value is -3.26. The van der Waals surface area contributed by atoms with Crippen LogP contribution in [-0.2, 0) is 28.7 Å². The molecule has 4 rings (SSSR count). The predicted octanol–water partition coefficient (Wildman–Crippen LogP) is 5.19. The van der Waals surface area contributed by atoms with Gasteiger partial charge in [-0.15, -0.1) is 0 Å². The maximum Gasteiger partial charge on any atom is 0.416 e. The quantitative estimate of drug-likeness (QED) is 0.404. The Morgan fingerprint density at radius 2 is 1.78 bits per heavy atom. The van der Waals surface area contributed by atoms with Gasteiger partial charge in [0.2, 0.25) is 5.91 Å². The number of halogens is 5. The normalized spacial score (nSPS) is 14.5. The lowest BCUT2D eigenvalue weighted by Crippen LogP contribution is -2.51. The molecular weight excluding hydrogens is 633 g/mol. The summed E-state index contributed by atoms with van der Waals surface area (Å²) in [4.78, 5) is 42.7. The summed E-state index contributed by atoms with van der Waals surface area (Å²) in [6.45, 7) is 8.29. The van der Waals surface area contributed by atoms with Crippen molar-refractivity contribution < 1.29 is 27.5 Å². The number of benzene rings is 1. The van der Waals surface area contributed by atoms with Gasteiger partial charge in [0.1, 0.15) is 28.1 Å². The second-order valence-electron chi connectivity index (χ2n) is 10.5. The molecule has 0 aliphatic carbocycles. The number of fused-ring (bicyclic) bond motifs is 1. The van der Waals surface area contributed by atoms with Crippen molar-refractivity contribution in [3.05, 3.63) is 55.5 Å². The highest BCUT2D eigenvalue weighted by molar-refractivity contribution is 9.10. The van der Waals surface area contributed by atoms with Gasteiger partial charge >= 0.3 is 12.3 Å². The van der Waals surface area contributed by atoms with Gasteiger partial charge in [-0.1, -0.05) is 18.5 Å². The number of rotatable bonds is 5. The highest BCUT2D eigenvalue weighted by Gasteiger charge is 2.32. The summed E-state index contributed by atoms with van der Waals surface area (Å²) >= 11 is 9.32. The maximum atomic E-state index is 13.6. The van der Waals surface area contributed by atoms with E-state index >= 15 is 0 Å². The van der Waals surface area contributed by atoms with Gasteiger partial charge in [0.15, 0.2) is 0 Å². The highest BCUT2D eigenvalue weighted by atomic mass is 79.9. The third-order valence-electron chi connectivity index (χ3n) is 6.39. The van der Waals surface area contributed by atoms with Crippen LogP contribution in [-0.4, -0.2) is 62.9 Å². The molecule has 0 bridgehead atoms. The van der Waals surface area contributed by atoms with Gasteiger partial charge in [-0.2, -0.15) is 22.8 Å². The molecule has 0 atom stereocenters. The van der Waals surface area contributed by atoms with E-state index in [1.807, 2.05) is 11.8 Å². The standard InChI is InChI=1S/C26H29BrClF3N6O4/c1-5-18-22(34-8-10-35(11-9-34)24(40)41-25(2,3)4)23(39)37-21(13-19(27)33-37)36(18)14-20(38)32-17-7-6-15(12-16(17)28)26(29,30)31/h6-7,12-13H,5,8-11,14H2,1-4H3,(H,32,38). The van der Waals surface area contributed by atoms with Crippen LogP contribution in [0.4, 0.5) is 29.3 Å². The zero-order chi connectivity index (χ0) is 30.3. The number of nitrogens with one attached hydrogen (secondary N) is 1. The number of amides is 2. The molecule has 2 aromatic heterocycles. The van der Waals surface area contributed by atoms with Crippen LogP contribution in [0.1, 0.15) is 39.0 Å². The number of ether oxygens (including phenoxy) is 1. The van der Waals surface area contributed by atoms with E-state index in [2.05, 4.69) is 26.3 Å². The van der Waals surface area contributed by atoms with Gasteiger partial charge in [-0.3, -0.25) is 9.59 Å².